The first-order chi connectivity index (χ1) is 9.60. The van der Waals surface area contributed by atoms with Crippen LogP contribution in [0, 0.1) is 5.92 Å². The van der Waals surface area contributed by atoms with Gasteiger partial charge in [-0.3, -0.25) is 4.90 Å². The van der Waals surface area contributed by atoms with Gasteiger partial charge in [0.1, 0.15) is 0 Å². The second-order valence-electron chi connectivity index (χ2n) is 7.76. The quantitative estimate of drug-likeness (QED) is 0.857. The number of rotatable bonds is 4. The lowest BCUT2D eigenvalue weighted by atomic mass is 9.75. The van der Waals surface area contributed by atoms with Crippen molar-refractivity contribution in [2.24, 2.45) is 5.92 Å². The van der Waals surface area contributed by atoms with Gasteiger partial charge in [-0.2, -0.15) is 0 Å². The summed E-state index contributed by atoms with van der Waals surface area (Å²) in [4.78, 5) is 2.82. The number of hydrogen-bond donors (Lipinski definition) is 1. The second-order valence-corrected chi connectivity index (χ2v) is 7.76. The lowest BCUT2D eigenvalue weighted by molar-refractivity contribution is -0.0608. The van der Waals surface area contributed by atoms with E-state index in [-0.39, 0.29) is 0 Å². The van der Waals surface area contributed by atoms with Gasteiger partial charge in [-0.25, -0.2) is 0 Å². The molecule has 20 heavy (non-hydrogen) atoms. The molecule has 3 nitrogen and oxygen atoms in total. The molecule has 0 bridgehead atoms. The first kappa shape index (κ1) is 14.8. The van der Waals surface area contributed by atoms with Crippen LogP contribution < -0.4 is 5.32 Å². The minimum atomic E-state index is 0.338. The van der Waals surface area contributed by atoms with Crippen molar-refractivity contribution in [1.82, 2.24) is 10.2 Å². The highest BCUT2D eigenvalue weighted by Gasteiger charge is 2.52. The van der Waals surface area contributed by atoms with E-state index in [0.717, 1.165) is 12.5 Å². The molecule has 2 aliphatic carbocycles. The van der Waals surface area contributed by atoms with Gasteiger partial charge >= 0.3 is 0 Å². The maximum atomic E-state index is 5.47. The topological polar surface area (TPSA) is 24.5 Å². The SMILES string of the molecule is COCC(C)N1CC(C)(C2CC2)NCC12CCCCC2. The molecule has 3 rings (SSSR count). The molecule has 3 fully saturated rings. The number of methoxy groups -OCH3 is 1. The molecule has 116 valence electrons. The van der Waals surface area contributed by atoms with E-state index in [1.165, 1.54) is 58.0 Å². The van der Waals surface area contributed by atoms with Crippen LogP contribution in [0.25, 0.3) is 0 Å². The summed E-state index contributed by atoms with van der Waals surface area (Å²) in [5, 5.41) is 3.96. The lowest BCUT2D eigenvalue weighted by Gasteiger charge is -2.57. The fourth-order valence-corrected chi connectivity index (χ4v) is 4.67. The first-order valence-electron chi connectivity index (χ1n) is 8.60. The molecule has 1 heterocycles. The van der Waals surface area contributed by atoms with Crippen molar-refractivity contribution in [2.45, 2.75) is 75.9 Å². The maximum Gasteiger partial charge on any atom is 0.0615 e. The predicted octanol–water partition coefficient (Wildman–Crippen LogP) is 2.80. The molecule has 1 saturated heterocycles. The molecule has 0 aromatic rings. The van der Waals surface area contributed by atoms with E-state index in [1.807, 2.05) is 7.11 Å². The highest BCUT2D eigenvalue weighted by atomic mass is 16.5. The van der Waals surface area contributed by atoms with E-state index < -0.39 is 0 Å². The van der Waals surface area contributed by atoms with E-state index in [2.05, 4.69) is 24.1 Å². The molecule has 0 amide bonds. The largest absolute Gasteiger partial charge is 0.383 e. The van der Waals surface area contributed by atoms with E-state index in [4.69, 9.17) is 4.74 Å². The summed E-state index contributed by atoms with van der Waals surface area (Å²) in [6.45, 7) is 8.07. The van der Waals surface area contributed by atoms with Gasteiger partial charge in [0.05, 0.1) is 6.61 Å². The summed E-state index contributed by atoms with van der Waals surface area (Å²) in [5.41, 5.74) is 0.745. The van der Waals surface area contributed by atoms with E-state index in [9.17, 15) is 0 Å². The number of hydrogen-bond acceptors (Lipinski definition) is 3. The van der Waals surface area contributed by atoms with Crippen molar-refractivity contribution in [1.29, 1.82) is 0 Å². The number of nitrogens with zero attached hydrogens (tertiary/aromatic N) is 1. The molecule has 1 spiro atoms. The summed E-state index contributed by atoms with van der Waals surface area (Å²) in [6, 6.07) is 0.540. The normalized spacial score (nSPS) is 36.1. The monoisotopic (exact) mass is 280 g/mol. The molecule has 1 N–H and O–H groups in total. The molecule has 0 aromatic carbocycles. The fraction of sp³-hybridized carbons (Fsp3) is 1.00. The zero-order valence-electron chi connectivity index (χ0n) is 13.6. The van der Waals surface area contributed by atoms with Crippen LogP contribution in [0.3, 0.4) is 0 Å². The van der Waals surface area contributed by atoms with Gasteiger partial charge in [0.25, 0.3) is 0 Å². The molecular formula is C17H32N2O. The van der Waals surface area contributed by atoms with Crippen LogP contribution in [-0.2, 0) is 4.74 Å². The Labute approximate surface area is 124 Å². The zero-order chi connectivity index (χ0) is 14.2. The summed E-state index contributed by atoms with van der Waals surface area (Å²) in [6.07, 6.45) is 9.81. The molecule has 3 aliphatic rings. The molecule has 1 aliphatic heterocycles. The summed E-state index contributed by atoms with van der Waals surface area (Å²) >= 11 is 0. The van der Waals surface area contributed by atoms with Gasteiger partial charge < -0.3 is 10.1 Å². The van der Waals surface area contributed by atoms with Gasteiger partial charge in [-0.05, 0) is 45.4 Å². The summed E-state index contributed by atoms with van der Waals surface area (Å²) in [7, 11) is 1.84. The summed E-state index contributed by atoms with van der Waals surface area (Å²) < 4.78 is 5.47. The second kappa shape index (κ2) is 5.58. The van der Waals surface area contributed by atoms with Crippen molar-refractivity contribution < 1.29 is 4.74 Å². The number of ether oxygens (including phenoxy) is 1. The molecular weight excluding hydrogens is 248 g/mol. The van der Waals surface area contributed by atoms with Crippen molar-refractivity contribution in [3.63, 3.8) is 0 Å². The van der Waals surface area contributed by atoms with Gasteiger partial charge in [-0.15, -0.1) is 0 Å². The van der Waals surface area contributed by atoms with Crippen molar-refractivity contribution in [2.75, 3.05) is 26.8 Å². The molecule has 2 unspecified atom stereocenters. The van der Waals surface area contributed by atoms with Gasteiger partial charge in [0.15, 0.2) is 0 Å². The van der Waals surface area contributed by atoms with Crippen molar-refractivity contribution in [3.05, 3.63) is 0 Å². The van der Waals surface area contributed by atoms with Crippen LogP contribution in [0.5, 0.6) is 0 Å². The van der Waals surface area contributed by atoms with Crippen LogP contribution in [0.15, 0.2) is 0 Å². The van der Waals surface area contributed by atoms with E-state index in [0.29, 0.717) is 17.1 Å². The molecule has 3 heteroatoms. The average Bonchev–Trinajstić information content (AvgIpc) is 3.28. The minimum absolute atomic E-state index is 0.338. The minimum Gasteiger partial charge on any atom is -0.383 e. The van der Waals surface area contributed by atoms with Gasteiger partial charge in [0.2, 0.25) is 0 Å². The third-order valence-electron chi connectivity index (χ3n) is 6.13. The third kappa shape index (κ3) is 2.65. The van der Waals surface area contributed by atoms with E-state index in [1.54, 1.807) is 0 Å². The zero-order valence-corrected chi connectivity index (χ0v) is 13.6. The summed E-state index contributed by atoms with van der Waals surface area (Å²) in [5.74, 6) is 0.903. The smallest absolute Gasteiger partial charge is 0.0615 e. The van der Waals surface area contributed by atoms with Gasteiger partial charge in [-0.1, -0.05) is 19.3 Å². The maximum absolute atomic E-state index is 5.47. The van der Waals surface area contributed by atoms with Gasteiger partial charge in [0, 0.05) is 37.3 Å². The highest BCUT2D eigenvalue weighted by molar-refractivity contribution is 5.10. The average molecular weight is 280 g/mol. The standard InChI is InChI=1S/C17H32N2O/c1-14(11-20-3)19-13-16(2,15-7-8-15)18-12-17(19)9-5-4-6-10-17/h14-15,18H,4-13H2,1-3H3. The lowest BCUT2D eigenvalue weighted by Crippen LogP contribution is -2.72. The predicted molar refractivity (Wildman–Crippen MR) is 83.0 cm³/mol. The number of nitrogens with one attached hydrogen (secondary N) is 1. The Kier molecular flexibility index (Phi) is 4.13. The van der Waals surface area contributed by atoms with Crippen LogP contribution in [-0.4, -0.2) is 48.8 Å². The molecule has 2 saturated carbocycles. The van der Waals surface area contributed by atoms with Crippen molar-refractivity contribution in [3.8, 4) is 0 Å². The molecule has 0 aromatic heterocycles. The third-order valence-corrected chi connectivity index (χ3v) is 6.13. The Bertz CT molecular complexity index is 336. The Balaban J connectivity index is 1.79. The molecule has 0 radical (unpaired) electrons. The Morgan fingerprint density at radius 2 is 1.95 bits per heavy atom. The van der Waals surface area contributed by atoms with Crippen molar-refractivity contribution >= 4 is 0 Å². The first-order valence-corrected chi connectivity index (χ1v) is 8.60. The molecule has 2 atom stereocenters. The van der Waals surface area contributed by atoms with Crippen LogP contribution in [0.2, 0.25) is 0 Å². The van der Waals surface area contributed by atoms with Crippen LogP contribution in [0.4, 0.5) is 0 Å². The van der Waals surface area contributed by atoms with Crippen LogP contribution >= 0.6 is 0 Å². The van der Waals surface area contributed by atoms with E-state index >= 15 is 0 Å². The highest BCUT2D eigenvalue weighted by Crippen LogP contribution is 2.45. The Morgan fingerprint density at radius 1 is 1.25 bits per heavy atom. The number of piperazine rings is 1. The Morgan fingerprint density at radius 3 is 2.55 bits per heavy atom. The fourth-order valence-electron chi connectivity index (χ4n) is 4.67. The van der Waals surface area contributed by atoms with Crippen LogP contribution in [0.1, 0.15) is 58.8 Å². The Hall–Kier alpha value is -0.120.